The molecule has 0 aliphatic carbocycles. The van der Waals surface area contributed by atoms with E-state index >= 15 is 0 Å². The third kappa shape index (κ3) is 5.31. The fourth-order valence-electron chi connectivity index (χ4n) is 4.45. The molecule has 0 bridgehead atoms. The van der Waals surface area contributed by atoms with Crippen LogP contribution in [0.5, 0.6) is 0 Å². The lowest BCUT2D eigenvalue weighted by molar-refractivity contribution is 0.0945. The summed E-state index contributed by atoms with van der Waals surface area (Å²) in [5, 5.41) is 14.1. The topological polar surface area (TPSA) is 55.8 Å². The van der Waals surface area contributed by atoms with Gasteiger partial charge in [0.05, 0.1) is 12.6 Å². The van der Waals surface area contributed by atoms with Gasteiger partial charge in [-0.25, -0.2) is 0 Å². The molecule has 2 N–H and O–H groups in total. The maximum Gasteiger partial charge on any atom is 0.256 e. The molecule has 0 saturated carbocycles. The number of aliphatic hydroxyl groups excluding tert-OH is 1. The summed E-state index contributed by atoms with van der Waals surface area (Å²) in [4.78, 5) is 18.9. The van der Waals surface area contributed by atoms with Gasteiger partial charge in [-0.2, -0.15) is 0 Å². The summed E-state index contributed by atoms with van der Waals surface area (Å²) >= 11 is 8.35. The van der Waals surface area contributed by atoms with E-state index in [-0.39, 0.29) is 18.6 Å². The van der Waals surface area contributed by atoms with Crippen LogP contribution in [0, 0.1) is 13.8 Å². The zero-order valence-corrected chi connectivity index (χ0v) is 20.6. The zero-order chi connectivity index (χ0) is 23.4. The summed E-state index contributed by atoms with van der Waals surface area (Å²) < 4.78 is 0. The lowest BCUT2D eigenvalue weighted by Crippen LogP contribution is -2.48. The standard InChI is InChI=1S/C26H30ClN3O2S/c1-18-19(2)33-26(28-25(32)20-8-4-3-5-9-20)23(18)24(21-10-6-7-11-22(21)27)30-14-12-29(13-15-30)16-17-31/h3-11,24,31H,12-17H2,1-2H3,(H,28,32)/t24-/m1/s1. The Hall–Kier alpha value is -2.22. The molecule has 0 radical (unpaired) electrons. The Balaban J connectivity index is 1.73. The quantitative estimate of drug-likeness (QED) is 0.498. The van der Waals surface area contributed by atoms with Crippen molar-refractivity contribution in [1.29, 1.82) is 0 Å². The maximum absolute atomic E-state index is 13.0. The van der Waals surface area contributed by atoms with Crippen LogP contribution in [-0.2, 0) is 0 Å². The molecule has 0 spiro atoms. The molecule has 1 atom stereocenters. The van der Waals surface area contributed by atoms with E-state index in [1.54, 1.807) is 11.3 Å². The number of carbonyl (C=O) groups excluding carboxylic acids is 1. The Labute approximate surface area is 204 Å². The summed E-state index contributed by atoms with van der Waals surface area (Å²) in [7, 11) is 0. The predicted molar refractivity (Wildman–Crippen MR) is 137 cm³/mol. The van der Waals surface area contributed by atoms with Crippen molar-refractivity contribution < 1.29 is 9.90 Å². The molecule has 33 heavy (non-hydrogen) atoms. The first-order valence-corrected chi connectivity index (χ1v) is 12.5. The van der Waals surface area contributed by atoms with Crippen molar-refractivity contribution in [3.8, 4) is 0 Å². The van der Waals surface area contributed by atoms with Crippen LogP contribution in [0.4, 0.5) is 5.00 Å². The number of hydrogen-bond acceptors (Lipinski definition) is 5. The Morgan fingerprint density at radius 2 is 1.73 bits per heavy atom. The highest BCUT2D eigenvalue weighted by atomic mass is 35.5. The number of nitrogens with one attached hydrogen (secondary N) is 1. The minimum atomic E-state index is -0.108. The minimum absolute atomic E-state index is 0.0639. The number of anilines is 1. The van der Waals surface area contributed by atoms with E-state index in [2.05, 4.69) is 35.0 Å². The molecular formula is C26H30ClN3O2S. The second kappa shape index (κ2) is 10.8. The number of thiophene rings is 1. The Morgan fingerprint density at radius 3 is 2.39 bits per heavy atom. The molecule has 1 aliphatic heterocycles. The van der Waals surface area contributed by atoms with Gasteiger partial charge in [-0.3, -0.25) is 14.6 Å². The Bertz CT molecular complexity index is 1090. The van der Waals surface area contributed by atoms with E-state index in [0.717, 1.165) is 47.3 Å². The van der Waals surface area contributed by atoms with Crippen molar-refractivity contribution in [2.24, 2.45) is 0 Å². The van der Waals surface area contributed by atoms with Crippen molar-refractivity contribution in [3.05, 3.63) is 86.8 Å². The maximum atomic E-state index is 13.0. The first-order chi connectivity index (χ1) is 16.0. The summed E-state index contributed by atoms with van der Waals surface area (Å²) in [6.07, 6.45) is 0. The number of amides is 1. The van der Waals surface area contributed by atoms with Crippen molar-refractivity contribution in [2.75, 3.05) is 44.6 Å². The van der Waals surface area contributed by atoms with Crippen LogP contribution in [0.2, 0.25) is 5.02 Å². The second-order valence-corrected chi connectivity index (χ2v) is 10.0. The number of halogens is 1. The fourth-order valence-corrected chi connectivity index (χ4v) is 5.78. The molecule has 174 valence electrons. The lowest BCUT2D eigenvalue weighted by Gasteiger charge is -2.40. The summed E-state index contributed by atoms with van der Waals surface area (Å²) in [6.45, 7) is 8.58. The summed E-state index contributed by atoms with van der Waals surface area (Å²) in [5.74, 6) is -0.108. The molecule has 1 fully saturated rings. The third-order valence-electron chi connectivity index (χ3n) is 6.36. The monoisotopic (exact) mass is 483 g/mol. The summed E-state index contributed by atoms with van der Waals surface area (Å²) in [5.41, 5.74) is 3.99. The molecule has 1 aliphatic rings. The van der Waals surface area contributed by atoms with Crippen LogP contribution in [0.25, 0.3) is 0 Å². The van der Waals surface area contributed by atoms with Gasteiger partial charge >= 0.3 is 0 Å². The van der Waals surface area contributed by atoms with Crippen LogP contribution in [0.1, 0.15) is 38.0 Å². The SMILES string of the molecule is Cc1sc(NC(=O)c2ccccc2)c([C@@H](c2ccccc2Cl)N2CCN(CCO)CC2)c1C. The Kier molecular flexibility index (Phi) is 7.83. The molecule has 3 aromatic rings. The van der Waals surface area contributed by atoms with E-state index in [0.29, 0.717) is 12.1 Å². The molecule has 2 aromatic carbocycles. The van der Waals surface area contributed by atoms with Crippen molar-refractivity contribution in [3.63, 3.8) is 0 Å². The zero-order valence-electron chi connectivity index (χ0n) is 19.1. The van der Waals surface area contributed by atoms with Gasteiger partial charge in [0.15, 0.2) is 0 Å². The molecule has 4 rings (SSSR count). The van der Waals surface area contributed by atoms with E-state index < -0.39 is 0 Å². The predicted octanol–water partition coefficient (Wildman–Crippen LogP) is 4.97. The molecule has 1 amide bonds. The molecule has 7 heteroatoms. The van der Waals surface area contributed by atoms with Gasteiger partial charge in [0, 0.05) is 53.8 Å². The van der Waals surface area contributed by atoms with E-state index in [1.807, 2.05) is 48.5 Å². The van der Waals surface area contributed by atoms with Crippen LogP contribution in [-0.4, -0.2) is 60.1 Å². The number of aliphatic hydroxyl groups is 1. The smallest absolute Gasteiger partial charge is 0.256 e. The normalized spacial score (nSPS) is 16.0. The van der Waals surface area contributed by atoms with Crippen LogP contribution in [0.3, 0.4) is 0 Å². The van der Waals surface area contributed by atoms with E-state index in [4.69, 9.17) is 11.6 Å². The number of carbonyl (C=O) groups is 1. The first-order valence-electron chi connectivity index (χ1n) is 11.3. The Morgan fingerprint density at radius 1 is 1.06 bits per heavy atom. The number of aryl methyl sites for hydroxylation is 1. The molecule has 2 heterocycles. The number of piperazine rings is 1. The summed E-state index contributed by atoms with van der Waals surface area (Å²) in [6, 6.07) is 17.2. The number of β-amino-alcohol motifs (C(OH)–C–C–N with tert-alkyl or cyclic N) is 1. The lowest BCUT2D eigenvalue weighted by atomic mass is 9.94. The van der Waals surface area contributed by atoms with Gasteiger partial charge in [0.1, 0.15) is 5.00 Å². The van der Waals surface area contributed by atoms with Crippen LogP contribution in [0.15, 0.2) is 54.6 Å². The van der Waals surface area contributed by atoms with Gasteiger partial charge in [-0.1, -0.05) is 48.0 Å². The molecule has 5 nitrogen and oxygen atoms in total. The van der Waals surface area contributed by atoms with Crippen molar-refractivity contribution >= 4 is 33.8 Å². The van der Waals surface area contributed by atoms with Gasteiger partial charge < -0.3 is 10.4 Å². The number of hydrogen-bond donors (Lipinski definition) is 2. The molecule has 1 saturated heterocycles. The number of benzene rings is 2. The highest BCUT2D eigenvalue weighted by molar-refractivity contribution is 7.16. The highest BCUT2D eigenvalue weighted by Crippen LogP contribution is 2.44. The van der Waals surface area contributed by atoms with Crippen molar-refractivity contribution in [2.45, 2.75) is 19.9 Å². The van der Waals surface area contributed by atoms with Gasteiger partial charge in [0.2, 0.25) is 0 Å². The van der Waals surface area contributed by atoms with Gasteiger partial charge in [-0.15, -0.1) is 11.3 Å². The van der Waals surface area contributed by atoms with E-state index in [9.17, 15) is 9.90 Å². The second-order valence-electron chi connectivity index (χ2n) is 8.37. The van der Waals surface area contributed by atoms with Crippen LogP contribution < -0.4 is 5.32 Å². The minimum Gasteiger partial charge on any atom is -0.395 e. The average Bonchev–Trinajstić information content (AvgIpc) is 3.10. The number of nitrogens with zero attached hydrogens (tertiary/aromatic N) is 2. The third-order valence-corrected chi connectivity index (χ3v) is 7.84. The van der Waals surface area contributed by atoms with Gasteiger partial charge in [0.25, 0.3) is 5.91 Å². The first kappa shape index (κ1) is 23.9. The highest BCUT2D eigenvalue weighted by Gasteiger charge is 2.32. The fraction of sp³-hybridized carbons (Fsp3) is 0.346. The molecular weight excluding hydrogens is 454 g/mol. The number of rotatable bonds is 7. The average molecular weight is 484 g/mol. The van der Waals surface area contributed by atoms with Crippen LogP contribution >= 0.6 is 22.9 Å². The molecule has 1 aromatic heterocycles. The van der Waals surface area contributed by atoms with Gasteiger partial charge in [-0.05, 0) is 43.2 Å². The molecule has 0 unspecified atom stereocenters. The van der Waals surface area contributed by atoms with E-state index in [1.165, 1.54) is 10.4 Å². The van der Waals surface area contributed by atoms with Crippen molar-refractivity contribution in [1.82, 2.24) is 9.80 Å². The largest absolute Gasteiger partial charge is 0.395 e.